The fourth-order valence-electron chi connectivity index (χ4n) is 2.64. The molecule has 0 aromatic carbocycles. The molecule has 7 nitrogen and oxygen atoms in total. The van der Waals surface area contributed by atoms with Gasteiger partial charge in [0.25, 0.3) is 0 Å². The van der Waals surface area contributed by atoms with E-state index in [1.165, 1.54) is 7.11 Å². The third-order valence-electron chi connectivity index (χ3n) is 3.89. The molecule has 0 saturated heterocycles. The van der Waals surface area contributed by atoms with E-state index < -0.39 is 5.97 Å². The van der Waals surface area contributed by atoms with Crippen molar-refractivity contribution in [3.8, 4) is 5.88 Å². The largest absolute Gasteiger partial charge is 0.481 e. The van der Waals surface area contributed by atoms with E-state index in [0.29, 0.717) is 38.1 Å². The van der Waals surface area contributed by atoms with E-state index in [2.05, 4.69) is 15.6 Å². The third kappa shape index (κ3) is 4.34. The molecule has 1 aliphatic carbocycles. The van der Waals surface area contributed by atoms with Crippen LogP contribution in [-0.4, -0.2) is 35.2 Å². The number of carbonyl (C=O) groups excluding carboxylic acids is 1. The van der Waals surface area contributed by atoms with Gasteiger partial charge in [0.15, 0.2) is 0 Å². The van der Waals surface area contributed by atoms with Crippen LogP contribution in [0.15, 0.2) is 18.3 Å². The van der Waals surface area contributed by atoms with Crippen molar-refractivity contribution in [2.24, 2.45) is 5.92 Å². The number of amides is 2. The molecule has 0 spiro atoms. The van der Waals surface area contributed by atoms with E-state index in [1.807, 2.05) is 6.07 Å². The van der Waals surface area contributed by atoms with Crippen molar-refractivity contribution in [3.63, 3.8) is 0 Å². The summed E-state index contributed by atoms with van der Waals surface area (Å²) in [5.41, 5.74) is 0.801. The topological polar surface area (TPSA) is 101 Å². The first kappa shape index (κ1) is 16.1. The predicted octanol–water partition coefficient (Wildman–Crippen LogP) is 1.53. The lowest BCUT2D eigenvalue weighted by Crippen LogP contribution is -2.43. The Balaban J connectivity index is 1.76. The molecule has 1 saturated carbocycles. The van der Waals surface area contributed by atoms with Gasteiger partial charge in [0.1, 0.15) is 0 Å². The van der Waals surface area contributed by atoms with Gasteiger partial charge in [-0.05, 0) is 31.7 Å². The molecule has 22 heavy (non-hydrogen) atoms. The molecule has 2 rings (SSSR count). The number of ether oxygens (including phenoxy) is 1. The van der Waals surface area contributed by atoms with Crippen LogP contribution in [0.1, 0.15) is 31.2 Å². The van der Waals surface area contributed by atoms with Gasteiger partial charge in [-0.2, -0.15) is 0 Å². The van der Waals surface area contributed by atoms with Gasteiger partial charge in [-0.15, -0.1) is 0 Å². The Bertz CT molecular complexity index is 527. The zero-order valence-corrected chi connectivity index (χ0v) is 12.5. The van der Waals surface area contributed by atoms with Gasteiger partial charge in [-0.3, -0.25) is 4.79 Å². The number of pyridine rings is 1. The fourth-order valence-corrected chi connectivity index (χ4v) is 2.64. The first-order chi connectivity index (χ1) is 10.6. The summed E-state index contributed by atoms with van der Waals surface area (Å²) in [6.45, 7) is 0.327. The van der Waals surface area contributed by atoms with Crippen LogP contribution in [0, 0.1) is 5.92 Å². The van der Waals surface area contributed by atoms with Crippen LogP contribution in [0.3, 0.4) is 0 Å². The molecule has 7 heteroatoms. The maximum atomic E-state index is 11.9. The molecule has 1 fully saturated rings. The molecule has 0 aliphatic heterocycles. The molecule has 0 radical (unpaired) electrons. The Kier molecular flexibility index (Phi) is 5.57. The molecule has 2 amide bonds. The maximum absolute atomic E-state index is 11.9. The number of nitrogens with zero attached hydrogens (tertiary/aromatic N) is 1. The van der Waals surface area contributed by atoms with Crippen molar-refractivity contribution in [2.75, 3.05) is 7.11 Å². The maximum Gasteiger partial charge on any atom is 0.315 e. The summed E-state index contributed by atoms with van der Waals surface area (Å²) in [6.07, 6.45) is 4.23. The van der Waals surface area contributed by atoms with E-state index in [9.17, 15) is 9.59 Å². The minimum Gasteiger partial charge on any atom is -0.481 e. The summed E-state index contributed by atoms with van der Waals surface area (Å²) in [5.74, 6) is -0.530. The zero-order valence-electron chi connectivity index (χ0n) is 12.5. The predicted molar refractivity (Wildman–Crippen MR) is 79.5 cm³/mol. The molecule has 120 valence electrons. The number of aromatic nitrogens is 1. The third-order valence-corrected chi connectivity index (χ3v) is 3.89. The molecule has 0 atom stereocenters. The van der Waals surface area contributed by atoms with Gasteiger partial charge >= 0.3 is 12.0 Å². The number of carbonyl (C=O) groups is 2. The van der Waals surface area contributed by atoms with Crippen molar-refractivity contribution in [1.29, 1.82) is 0 Å². The lowest BCUT2D eigenvalue weighted by Gasteiger charge is -2.26. The van der Waals surface area contributed by atoms with Gasteiger partial charge in [-0.25, -0.2) is 9.78 Å². The molecule has 1 aromatic heterocycles. The second kappa shape index (κ2) is 7.63. The summed E-state index contributed by atoms with van der Waals surface area (Å²) in [6, 6.07) is 3.39. The number of urea groups is 1. The van der Waals surface area contributed by atoms with Crippen LogP contribution in [0.25, 0.3) is 0 Å². The fraction of sp³-hybridized carbons (Fsp3) is 0.533. The average molecular weight is 307 g/mol. The van der Waals surface area contributed by atoms with E-state index in [1.54, 1.807) is 12.3 Å². The molecular weight excluding hydrogens is 286 g/mol. The number of carboxylic acids is 1. The number of rotatable bonds is 5. The summed E-state index contributed by atoms with van der Waals surface area (Å²) in [5, 5.41) is 14.6. The van der Waals surface area contributed by atoms with Crippen molar-refractivity contribution in [1.82, 2.24) is 15.6 Å². The van der Waals surface area contributed by atoms with Crippen molar-refractivity contribution < 1.29 is 19.4 Å². The summed E-state index contributed by atoms with van der Waals surface area (Å²) in [7, 11) is 1.53. The number of carboxylic acid groups (broad SMARTS) is 1. The number of methoxy groups -OCH3 is 1. The van der Waals surface area contributed by atoms with Crippen LogP contribution in [-0.2, 0) is 11.3 Å². The van der Waals surface area contributed by atoms with Gasteiger partial charge < -0.3 is 20.5 Å². The monoisotopic (exact) mass is 307 g/mol. The second-order valence-electron chi connectivity index (χ2n) is 5.39. The first-order valence-corrected chi connectivity index (χ1v) is 7.35. The Morgan fingerprint density at radius 2 is 2.09 bits per heavy atom. The summed E-state index contributed by atoms with van der Waals surface area (Å²) >= 11 is 0. The highest BCUT2D eigenvalue weighted by Gasteiger charge is 2.26. The molecule has 1 heterocycles. The lowest BCUT2D eigenvalue weighted by molar-refractivity contribution is -0.142. The standard InChI is InChI=1S/C15H21N3O4/c1-22-13-11(3-2-8-16-13)9-17-15(21)18-12-6-4-10(5-7-12)14(19)20/h2-3,8,10,12H,4-7,9H2,1H3,(H,19,20)(H2,17,18,21). The Morgan fingerprint density at radius 3 is 2.73 bits per heavy atom. The highest BCUT2D eigenvalue weighted by atomic mass is 16.5. The molecule has 1 aromatic rings. The smallest absolute Gasteiger partial charge is 0.315 e. The SMILES string of the molecule is COc1ncccc1CNC(=O)NC1CCC(C(=O)O)CC1. The lowest BCUT2D eigenvalue weighted by atomic mass is 9.86. The van der Waals surface area contributed by atoms with E-state index in [-0.39, 0.29) is 18.0 Å². The average Bonchev–Trinajstić information content (AvgIpc) is 2.53. The van der Waals surface area contributed by atoms with E-state index in [4.69, 9.17) is 9.84 Å². The molecular formula is C15H21N3O4. The normalized spacial score (nSPS) is 21.0. The molecule has 3 N–H and O–H groups in total. The minimum absolute atomic E-state index is 0.0337. The van der Waals surface area contributed by atoms with Gasteiger partial charge in [-0.1, -0.05) is 6.07 Å². The van der Waals surface area contributed by atoms with Crippen LogP contribution in [0.2, 0.25) is 0 Å². The van der Waals surface area contributed by atoms with E-state index in [0.717, 1.165) is 5.56 Å². The Labute approximate surface area is 129 Å². The zero-order chi connectivity index (χ0) is 15.9. The van der Waals surface area contributed by atoms with Crippen molar-refractivity contribution >= 4 is 12.0 Å². The Hall–Kier alpha value is -2.31. The first-order valence-electron chi connectivity index (χ1n) is 7.35. The molecule has 0 unspecified atom stereocenters. The van der Waals surface area contributed by atoms with E-state index >= 15 is 0 Å². The van der Waals surface area contributed by atoms with Crippen molar-refractivity contribution in [2.45, 2.75) is 38.3 Å². The number of hydrogen-bond acceptors (Lipinski definition) is 4. The van der Waals surface area contributed by atoms with Crippen LogP contribution >= 0.6 is 0 Å². The molecule has 0 bridgehead atoms. The minimum atomic E-state index is -0.744. The number of nitrogens with one attached hydrogen (secondary N) is 2. The van der Waals surface area contributed by atoms with Gasteiger partial charge in [0.2, 0.25) is 5.88 Å². The van der Waals surface area contributed by atoms with Crippen LogP contribution < -0.4 is 15.4 Å². The highest BCUT2D eigenvalue weighted by molar-refractivity contribution is 5.74. The quantitative estimate of drug-likeness (QED) is 0.766. The van der Waals surface area contributed by atoms with Gasteiger partial charge in [0, 0.05) is 24.3 Å². The highest BCUT2D eigenvalue weighted by Crippen LogP contribution is 2.24. The number of hydrogen-bond donors (Lipinski definition) is 3. The van der Waals surface area contributed by atoms with Crippen LogP contribution in [0.5, 0.6) is 5.88 Å². The van der Waals surface area contributed by atoms with Crippen molar-refractivity contribution in [3.05, 3.63) is 23.9 Å². The summed E-state index contributed by atoms with van der Waals surface area (Å²) < 4.78 is 5.12. The summed E-state index contributed by atoms with van der Waals surface area (Å²) in [4.78, 5) is 26.9. The number of aliphatic carboxylic acids is 1. The van der Waals surface area contributed by atoms with Gasteiger partial charge in [0.05, 0.1) is 13.0 Å². The van der Waals surface area contributed by atoms with Crippen LogP contribution in [0.4, 0.5) is 4.79 Å². The Morgan fingerprint density at radius 1 is 1.36 bits per heavy atom. The molecule has 1 aliphatic rings. The second-order valence-corrected chi connectivity index (χ2v) is 5.39.